The number of hydrogen-bond acceptors (Lipinski definition) is 2. The van der Waals surface area contributed by atoms with E-state index in [1.807, 2.05) is 0 Å². The van der Waals surface area contributed by atoms with Gasteiger partial charge in [0.15, 0.2) is 11.6 Å². The van der Waals surface area contributed by atoms with Crippen molar-refractivity contribution in [2.75, 3.05) is 11.9 Å². The van der Waals surface area contributed by atoms with E-state index >= 15 is 0 Å². The monoisotopic (exact) mass is 341 g/mol. The maximum atomic E-state index is 13.7. The summed E-state index contributed by atoms with van der Waals surface area (Å²) in [6.07, 6.45) is 0. The van der Waals surface area contributed by atoms with Gasteiger partial charge in [0.05, 0.1) is 6.61 Å². The van der Waals surface area contributed by atoms with Gasteiger partial charge in [0.25, 0.3) is 0 Å². The first kappa shape index (κ1) is 14.8. The standard InChI is InChI=1S/C15H14BrF2NO/c1-2-20-15-6-4-12(8-14(15)18)19-9-10-7-11(17)3-5-13(10)16/h3-8,19H,2,9H2,1H3. The lowest BCUT2D eigenvalue weighted by atomic mass is 10.2. The van der Waals surface area contributed by atoms with Crippen LogP contribution in [0, 0.1) is 11.6 Å². The molecule has 0 unspecified atom stereocenters. The summed E-state index contributed by atoms with van der Waals surface area (Å²) in [7, 11) is 0. The summed E-state index contributed by atoms with van der Waals surface area (Å²) < 4.78 is 32.8. The van der Waals surface area contributed by atoms with Gasteiger partial charge in [-0.3, -0.25) is 0 Å². The second kappa shape index (κ2) is 6.70. The van der Waals surface area contributed by atoms with Crippen molar-refractivity contribution in [1.29, 1.82) is 0 Å². The third-order valence-corrected chi connectivity index (χ3v) is 3.50. The molecule has 0 aliphatic heterocycles. The third-order valence-electron chi connectivity index (χ3n) is 2.72. The van der Waals surface area contributed by atoms with E-state index in [2.05, 4.69) is 21.2 Å². The van der Waals surface area contributed by atoms with Crippen molar-refractivity contribution < 1.29 is 13.5 Å². The number of ether oxygens (including phenoxy) is 1. The molecule has 0 bridgehead atoms. The average Bonchev–Trinajstić information content (AvgIpc) is 2.43. The Morgan fingerprint density at radius 1 is 1.15 bits per heavy atom. The summed E-state index contributed by atoms with van der Waals surface area (Å²) in [6, 6.07) is 9.11. The van der Waals surface area contributed by atoms with Crippen molar-refractivity contribution >= 4 is 21.6 Å². The molecule has 0 heterocycles. The molecule has 0 radical (unpaired) electrons. The normalized spacial score (nSPS) is 10.4. The molecule has 2 aromatic carbocycles. The molecule has 0 aliphatic rings. The number of nitrogens with one attached hydrogen (secondary N) is 1. The summed E-state index contributed by atoms with van der Waals surface area (Å²) in [4.78, 5) is 0. The van der Waals surface area contributed by atoms with E-state index in [0.717, 1.165) is 10.0 Å². The zero-order valence-electron chi connectivity index (χ0n) is 10.9. The van der Waals surface area contributed by atoms with Crippen LogP contribution in [0.15, 0.2) is 40.9 Å². The molecule has 1 N–H and O–H groups in total. The Balaban J connectivity index is 2.07. The van der Waals surface area contributed by atoms with E-state index in [4.69, 9.17) is 4.74 Å². The van der Waals surface area contributed by atoms with Gasteiger partial charge in [-0.2, -0.15) is 0 Å². The first-order valence-electron chi connectivity index (χ1n) is 6.20. The van der Waals surface area contributed by atoms with Gasteiger partial charge in [-0.1, -0.05) is 15.9 Å². The lowest BCUT2D eigenvalue weighted by Crippen LogP contribution is -2.02. The van der Waals surface area contributed by atoms with Crippen molar-refractivity contribution in [2.45, 2.75) is 13.5 Å². The molecular formula is C15H14BrF2NO. The molecule has 2 nitrogen and oxygen atoms in total. The third kappa shape index (κ3) is 3.70. The molecule has 106 valence electrons. The Bertz CT molecular complexity index is 604. The quantitative estimate of drug-likeness (QED) is 0.848. The van der Waals surface area contributed by atoms with E-state index in [1.54, 1.807) is 25.1 Å². The maximum absolute atomic E-state index is 13.7. The van der Waals surface area contributed by atoms with Gasteiger partial charge >= 0.3 is 0 Å². The first-order valence-corrected chi connectivity index (χ1v) is 6.99. The van der Waals surface area contributed by atoms with Gasteiger partial charge < -0.3 is 10.1 Å². The number of hydrogen-bond donors (Lipinski definition) is 1. The second-order valence-electron chi connectivity index (χ2n) is 4.17. The van der Waals surface area contributed by atoms with E-state index in [9.17, 15) is 8.78 Å². The lowest BCUT2D eigenvalue weighted by Gasteiger charge is -2.10. The van der Waals surface area contributed by atoms with Crippen molar-refractivity contribution in [3.05, 3.63) is 58.1 Å². The van der Waals surface area contributed by atoms with Gasteiger partial charge in [-0.05, 0) is 42.8 Å². The highest BCUT2D eigenvalue weighted by atomic mass is 79.9. The molecule has 0 amide bonds. The SMILES string of the molecule is CCOc1ccc(NCc2cc(F)ccc2Br)cc1F. The summed E-state index contributed by atoms with van der Waals surface area (Å²) >= 11 is 3.35. The predicted octanol–water partition coefficient (Wildman–Crippen LogP) is 4.74. The number of anilines is 1. The Kier molecular flexibility index (Phi) is 4.95. The number of rotatable bonds is 5. The van der Waals surface area contributed by atoms with Gasteiger partial charge in [0, 0.05) is 22.8 Å². The number of halogens is 3. The molecule has 5 heteroatoms. The van der Waals surface area contributed by atoms with E-state index in [1.165, 1.54) is 18.2 Å². The van der Waals surface area contributed by atoms with Crippen molar-refractivity contribution in [2.24, 2.45) is 0 Å². The van der Waals surface area contributed by atoms with Gasteiger partial charge in [0.1, 0.15) is 5.82 Å². The smallest absolute Gasteiger partial charge is 0.167 e. The summed E-state index contributed by atoms with van der Waals surface area (Å²) in [5, 5.41) is 3.05. The summed E-state index contributed by atoms with van der Waals surface area (Å²) in [5.41, 5.74) is 1.38. The van der Waals surface area contributed by atoms with Crippen LogP contribution in [-0.4, -0.2) is 6.61 Å². The zero-order chi connectivity index (χ0) is 14.5. The van der Waals surface area contributed by atoms with Crippen LogP contribution >= 0.6 is 15.9 Å². The molecule has 0 atom stereocenters. The van der Waals surface area contributed by atoms with E-state index in [0.29, 0.717) is 18.8 Å². The molecule has 0 saturated carbocycles. The molecule has 2 aromatic rings. The van der Waals surface area contributed by atoms with Crippen LogP contribution in [0.5, 0.6) is 5.75 Å². The van der Waals surface area contributed by atoms with Crippen LogP contribution in [0.25, 0.3) is 0 Å². The van der Waals surface area contributed by atoms with Gasteiger partial charge in [-0.25, -0.2) is 8.78 Å². The van der Waals surface area contributed by atoms with Crippen LogP contribution in [0.4, 0.5) is 14.5 Å². The minimum Gasteiger partial charge on any atom is -0.491 e. The molecule has 0 aromatic heterocycles. The second-order valence-corrected chi connectivity index (χ2v) is 5.02. The highest BCUT2D eigenvalue weighted by Crippen LogP contribution is 2.23. The van der Waals surface area contributed by atoms with Gasteiger partial charge in [0.2, 0.25) is 0 Å². The van der Waals surface area contributed by atoms with Gasteiger partial charge in [-0.15, -0.1) is 0 Å². The van der Waals surface area contributed by atoms with Crippen LogP contribution in [0.2, 0.25) is 0 Å². The zero-order valence-corrected chi connectivity index (χ0v) is 12.5. The average molecular weight is 342 g/mol. The molecule has 0 saturated heterocycles. The summed E-state index contributed by atoms with van der Waals surface area (Å²) in [5.74, 6) is -0.497. The Morgan fingerprint density at radius 2 is 1.95 bits per heavy atom. The van der Waals surface area contributed by atoms with Crippen LogP contribution in [0.1, 0.15) is 12.5 Å². The van der Waals surface area contributed by atoms with E-state index < -0.39 is 5.82 Å². The number of benzene rings is 2. The van der Waals surface area contributed by atoms with Crippen LogP contribution in [-0.2, 0) is 6.54 Å². The fourth-order valence-electron chi connectivity index (χ4n) is 1.76. The maximum Gasteiger partial charge on any atom is 0.167 e. The Hall–Kier alpha value is -1.62. The van der Waals surface area contributed by atoms with E-state index in [-0.39, 0.29) is 11.6 Å². The topological polar surface area (TPSA) is 21.3 Å². The fraction of sp³-hybridized carbons (Fsp3) is 0.200. The van der Waals surface area contributed by atoms with Crippen LogP contribution in [0.3, 0.4) is 0 Å². The minimum absolute atomic E-state index is 0.227. The highest BCUT2D eigenvalue weighted by Gasteiger charge is 2.05. The molecule has 20 heavy (non-hydrogen) atoms. The molecule has 2 rings (SSSR count). The van der Waals surface area contributed by atoms with Crippen molar-refractivity contribution in [1.82, 2.24) is 0 Å². The lowest BCUT2D eigenvalue weighted by molar-refractivity contribution is 0.321. The first-order chi connectivity index (χ1) is 9.60. The summed E-state index contributed by atoms with van der Waals surface area (Å²) in [6.45, 7) is 2.61. The molecular weight excluding hydrogens is 328 g/mol. The predicted molar refractivity (Wildman–Crippen MR) is 79.0 cm³/mol. The highest BCUT2D eigenvalue weighted by molar-refractivity contribution is 9.10. The van der Waals surface area contributed by atoms with Crippen molar-refractivity contribution in [3.8, 4) is 5.75 Å². The Morgan fingerprint density at radius 3 is 2.65 bits per heavy atom. The fourth-order valence-corrected chi connectivity index (χ4v) is 2.15. The largest absolute Gasteiger partial charge is 0.491 e. The molecule has 0 fully saturated rings. The van der Waals surface area contributed by atoms with Crippen molar-refractivity contribution in [3.63, 3.8) is 0 Å². The Labute approximate surface area is 124 Å². The van der Waals surface area contributed by atoms with Crippen LogP contribution < -0.4 is 10.1 Å². The minimum atomic E-state index is -0.421. The molecule has 0 spiro atoms. The molecule has 0 aliphatic carbocycles.